The van der Waals surface area contributed by atoms with E-state index in [0.29, 0.717) is 13.1 Å². The maximum absolute atomic E-state index is 13.7. The van der Waals surface area contributed by atoms with Gasteiger partial charge in [-0.25, -0.2) is 9.18 Å². The Bertz CT molecular complexity index is 654. The molecule has 2 heterocycles. The molecular formula is C19H28ClFN4O2. The van der Waals surface area contributed by atoms with Crippen molar-refractivity contribution in [3.8, 4) is 0 Å². The molecule has 2 aliphatic heterocycles. The van der Waals surface area contributed by atoms with Crippen LogP contribution in [0.25, 0.3) is 0 Å². The zero-order chi connectivity index (χ0) is 18.5. The van der Waals surface area contributed by atoms with Gasteiger partial charge in [0.25, 0.3) is 0 Å². The molecule has 6 nitrogen and oxygen atoms in total. The van der Waals surface area contributed by atoms with Crippen molar-refractivity contribution in [3.05, 3.63) is 30.1 Å². The molecule has 8 heteroatoms. The molecule has 1 unspecified atom stereocenters. The molecule has 0 bridgehead atoms. The molecule has 0 aliphatic carbocycles. The zero-order valence-corrected chi connectivity index (χ0v) is 16.4. The van der Waals surface area contributed by atoms with Gasteiger partial charge in [-0.1, -0.05) is 12.1 Å². The normalized spacial score (nSPS) is 20.5. The number of urea groups is 1. The van der Waals surface area contributed by atoms with Crippen LogP contribution in [0.5, 0.6) is 0 Å². The minimum atomic E-state index is -0.462. The largest absolute Gasteiger partial charge is 0.342 e. The molecule has 3 rings (SSSR count). The van der Waals surface area contributed by atoms with Gasteiger partial charge >= 0.3 is 6.03 Å². The number of benzene rings is 1. The van der Waals surface area contributed by atoms with Crippen LogP contribution >= 0.6 is 12.4 Å². The number of nitrogens with zero attached hydrogens (tertiary/aromatic N) is 2. The number of carbonyl (C=O) groups is 2. The van der Waals surface area contributed by atoms with E-state index in [1.54, 1.807) is 17.0 Å². The van der Waals surface area contributed by atoms with E-state index >= 15 is 0 Å². The summed E-state index contributed by atoms with van der Waals surface area (Å²) in [5.74, 6) is -0.536. The molecule has 2 saturated heterocycles. The van der Waals surface area contributed by atoms with Gasteiger partial charge < -0.3 is 20.4 Å². The van der Waals surface area contributed by atoms with Gasteiger partial charge in [0.1, 0.15) is 5.82 Å². The predicted octanol–water partition coefficient (Wildman–Crippen LogP) is 2.70. The van der Waals surface area contributed by atoms with E-state index < -0.39 is 5.82 Å². The van der Waals surface area contributed by atoms with Crippen molar-refractivity contribution >= 4 is 30.0 Å². The molecule has 0 radical (unpaired) electrons. The van der Waals surface area contributed by atoms with E-state index in [1.165, 1.54) is 12.1 Å². The third-order valence-corrected chi connectivity index (χ3v) is 5.38. The Morgan fingerprint density at radius 2 is 1.93 bits per heavy atom. The van der Waals surface area contributed by atoms with Crippen LogP contribution in [0.2, 0.25) is 0 Å². The van der Waals surface area contributed by atoms with E-state index in [0.717, 1.165) is 38.8 Å². The molecule has 0 aromatic heterocycles. The molecule has 3 amide bonds. The van der Waals surface area contributed by atoms with Crippen LogP contribution in [0.3, 0.4) is 0 Å². The van der Waals surface area contributed by atoms with E-state index in [4.69, 9.17) is 0 Å². The first-order valence-corrected chi connectivity index (χ1v) is 9.34. The fourth-order valence-corrected chi connectivity index (χ4v) is 3.78. The lowest BCUT2D eigenvalue weighted by Gasteiger charge is -2.37. The third-order valence-electron chi connectivity index (χ3n) is 5.38. The Morgan fingerprint density at radius 1 is 1.22 bits per heavy atom. The minimum Gasteiger partial charge on any atom is -0.342 e. The van der Waals surface area contributed by atoms with E-state index in [2.05, 4.69) is 10.6 Å². The fraction of sp³-hybridized carbons (Fsp3) is 0.579. The number of para-hydroxylation sites is 1. The predicted molar refractivity (Wildman–Crippen MR) is 106 cm³/mol. The summed E-state index contributed by atoms with van der Waals surface area (Å²) in [7, 11) is 1.87. The Morgan fingerprint density at radius 3 is 2.63 bits per heavy atom. The van der Waals surface area contributed by atoms with Crippen molar-refractivity contribution in [3.63, 3.8) is 0 Å². The molecule has 1 aromatic rings. The summed E-state index contributed by atoms with van der Waals surface area (Å²) in [4.78, 5) is 28.8. The first kappa shape index (κ1) is 21.4. The van der Waals surface area contributed by atoms with Crippen LogP contribution < -0.4 is 10.6 Å². The number of hydrogen-bond acceptors (Lipinski definition) is 3. The summed E-state index contributed by atoms with van der Waals surface area (Å²) in [6.45, 7) is 2.84. The van der Waals surface area contributed by atoms with Gasteiger partial charge in [0, 0.05) is 26.2 Å². The van der Waals surface area contributed by atoms with Crippen molar-refractivity contribution in [2.24, 2.45) is 5.92 Å². The van der Waals surface area contributed by atoms with Gasteiger partial charge in [0.05, 0.1) is 11.6 Å². The highest BCUT2D eigenvalue weighted by molar-refractivity contribution is 5.90. The second kappa shape index (κ2) is 9.90. The second-order valence-corrected chi connectivity index (χ2v) is 7.13. The highest BCUT2D eigenvalue weighted by atomic mass is 35.5. The highest BCUT2D eigenvalue weighted by Crippen LogP contribution is 2.22. The minimum absolute atomic E-state index is 0. The molecule has 0 spiro atoms. The summed E-state index contributed by atoms with van der Waals surface area (Å²) in [6, 6.07) is 6.02. The number of carbonyl (C=O) groups excluding carboxylic acids is 2. The SMILES string of the molecule is CN(C(=O)C1CCCN(C(=O)Nc2ccccc2F)C1)C1CCNCC1.Cl. The van der Waals surface area contributed by atoms with Gasteiger partial charge in [0.2, 0.25) is 5.91 Å². The van der Waals surface area contributed by atoms with E-state index in [-0.39, 0.29) is 42.0 Å². The van der Waals surface area contributed by atoms with Crippen molar-refractivity contribution < 1.29 is 14.0 Å². The van der Waals surface area contributed by atoms with Crippen LogP contribution in [0.1, 0.15) is 25.7 Å². The quantitative estimate of drug-likeness (QED) is 0.822. The lowest BCUT2D eigenvalue weighted by Crippen LogP contribution is -2.50. The molecule has 2 N–H and O–H groups in total. The number of halogens is 2. The third kappa shape index (κ3) is 5.32. The molecule has 150 valence electrons. The zero-order valence-electron chi connectivity index (χ0n) is 15.6. The number of nitrogens with one attached hydrogen (secondary N) is 2. The Labute approximate surface area is 165 Å². The van der Waals surface area contributed by atoms with Crippen LogP contribution in [0.4, 0.5) is 14.9 Å². The Kier molecular flexibility index (Phi) is 7.86. The van der Waals surface area contributed by atoms with Crippen molar-refractivity contribution in [2.45, 2.75) is 31.7 Å². The standard InChI is InChI=1S/C19H27FN4O2.ClH/c1-23(15-8-10-21-11-9-15)18(25)14-5-4-12-24(13-14)19(26)22-17-7-3-2-6-16(17)20;/h2-3,6-7,14-15,21H,4-5,8-13H2,1H3,(H,22,26);1H. The molecule has 1 aromatic carbocycles. The molecule has 1 atom stereocenters. The summed E-state index contributed by atoms with van der Waals surface area (Å²) in [5.41, 5.74) is 0.165. The number of piperidine rings is 2. The maximum Gasteiger partial charge on any atom is 0.321 e. The number of likely N-dealkylation sites (tertiary alicyclic amines) is 1. The first-order chi connectivity index (χ1) is 12.6. The molecule has 27 heavy (non-hydrogen) atoms. The van der Waals surface area contributed by atoms with Crippen molar-refractivity contribution in [2.75, 3.05) is 38.5 Å². The Hall–Kier alpha value is -1.86. The van der Waals surface area contributed by atoms with Crippen LogP contribution in [-0.2, 0) is 4.79 Å². The fourth-order valence-electron chi connectivity index (χ4n) is 3.78. The monoisotopic (exact) mass is 398 g/mol. The van der Waals surface area contributed by atoms with Gasteiger partial charge in [-0.05, 0) is 50.9 Å². The lowest BCUT2D eigenvalue weighted by atomic mass is 9.95. The molecule has 2 fully saturated rings. The van der Waals surface area contributed by atoms with E-state index in [9.17, 15) is 14.0 Å². The summed E-state index contributed by atoms with van der Waals surface area (Å²) in [5, 5.41) is 5.92. The van der Waals surface area contributed by atoms with E-state index in [1.807, 2.05) is 11.9 Å². The summed E-state index contributed by atoms with van der Waals surface area (Å²) < 4.78 is 13.7. The van der Waals surface area contributed by atoms with Gasteiger partial charge in [-0.2, -0.15) is 0 Å². The van der Waals surface area contributed by atoms with Crippen LogP contribution in [0.15, 0.2) is 24.3 Å². The maximum atomic E-state index is 13.7. The second-order valence-electron chi connectivity index (χ2n) is 7.13. The first-order valence-electron chi connectivity index (χ1n) is 9.34. The van der Waals surface area contributed by atoms with Gasteiger partial charge in [0.15, 0.2) is 0 Å². The average molecular weight is 399 g/mol. The van der Waals surface area contributed by atoms with Gasteiger partial charge in [-0.3, -0.25) is 4.79 Å². The number of hydrogen-bond donors (Lipinski definition) is 2. The number of amides is 3. The molecule has 2 aliphatic rings. The van der Waals surface area contributed by atoms with Crippen molar-refractivity contribution in [1.82, 2.24) is 15.1 Å². The van der Waals surface area contributed by atoms with Crippen LogP contribution in [0, 0.1) is 11.7 Å². The Balaban J connectivity index is 0.00000261. The summed E-state index contributed by atoms with van der Waals surface area (Å²) in [6.07, 6.45) is 3.50. The smallest absolute Gasteiger partial charge is 0.321 e. The molecular weight excluding hydrogens is 371 g/mol. The summed E-state index contributed by atoms with van der Waals surface area (Å²) >= 11 is 0. The van der Waals surface area contributed by atoms with Crippen LogP contribution in [-0.4, -0.2) is 61.0 Å². The lowest BCUT2D eigenvalue weighted by molar-refractivity contribution is -0.138. The topological polar surface area (TPSA) is 64.7 Å². The van der Waals surface area contributed by atoms with Crippen molar-refractivity contribution in [1.29, 1.82) is 0 Å². The number of anilines is 1. The number of rotatable bonds is 3. The van der Waals surface area contributed by atoms with Gasteiger partial charge in [-0.15, -0.1) is 12.4 Å². The molecule has 0 saturated carbocycles. The highest BCUT2D eigenvalue weighted by Gasteiger charge is 2.32. The average Bonchev–Trinajstić information content (AvgIpc) is 2.69.